The minimum Gasteiger partial charge on any atom is -0.315 e. The van der Waals surface area contributed by atoms with Crippen molar-refractivity contribution in [1.29, 1.82) is 0 Å². The van der Waals surface area contributed by atoms with E-state index in [9.17, 15) is 4.79 Å². The van der Waals surface area contributed by atoms with E-state index in [1.54, 1.807) is 6.20 Å². The summed E-state index contributed by atoms with van der Waals surface area (Å²) in [5.41, 5.74) is 2.58. The van der Waals surface area contributed by atoms with Crippen LogP contribution in [0.25, 0.3) is 21.3 Å². The second-order valence-corrected chi connectivity index (χ2v) is 9.95. The number of nitrogens with one attached hydrogen (secondary N) is 1. The largest absolute Gasteiger partial charge is 0.315 e. The fraction of sp³-hybridized carbons (Fsp3) is 0.280. The summed E-state index contributed by atoms with van der Waals surface area (Å²) in [4.78, 5) is 20.5. The lowest BCUT2D eigenvalue weighted by atomic mass is 10.0. The average Bonchev–Trinajstić information content (AvgIpc) is 3.26. The summed E-state index contributed by atoms with van der Waals surface area (Å²) in [5.74, 6) is 0.627. The third-order valence-electron chi connectivity index (χ3n) is 5.99. The van der Waals surface area contributed by atoms with Crippen molar-refractivity contribution < 1.29 is 4.79 Å². The molecule has 1 aliphatic rings. The normalized spacial score (nSPS) is 16.2. The van der Waals surface area contributed by atoms with Crippen LogP contribution in [0.15, 0.2) is 48.7 Å². The Morgan fingerprint density at radius 2 is 1.97 bits per heavy atom. The molecule has 3 heterocycles. The summed E-state index contributed by atoms with van der Waals surface area (Å²) >= 11 is 7.85. The molecule has 5 rings (SSSR count). The van der Waals surface area contributed by atoms with E-state index in [0.29, 0.717) is 16.4 Å². The van der Waals surface area contributed by atoms with Crippen LogP contribution in [0.2, 0.25) is 5.02 Å². The number of aryl methyl sites for hydroxylation is 2. The van der Waals surface area contributed by atoms with Gasteiger partial charge in [-0.15, -0.1) is 10.2 Å². The molecule has 1 N–H and O–H groups in total. The molecule has 1 atom stereocenters. The molecule has 1 aliphatic heterocycles. The Balaban J connectivity index is 1.58. The Bertz CT molecular complexity index is 1310. The molecule has 0 radical (unpaired) electrons. The molecule has 1 saturated heterocycles. The summed E-state index contributed by atoms with van der Waals surface area (Å²) in [6.07, 6.45) is 3.69. The SMILES string of the molecule is Cc1nnc(-c2ccc(C(=O)N(c3nccc4cc(Cl)cc(C)c34)[C@@H]3CCCNC3)cc2)s1. The first-order valence-corrected chi connectivity index (χ1v) is 12.2. The topological polar surface area (TPSA) is 71.0 Å². The second-order valence-electron chi connectivity index (χ2n) is 8.33. The maximum atomic E-state index is 13.9. The Morgan fingerprint density at radius 3 is 2.67 bits per heavy atom. The highest BCUT2D eigenvalue weighted by molar-refractivity contribution is 7.14. The van der Waals surface area contributed by atoms with Crippen LogP contribution in [0, 0.1) is 13.8 Å². The smallest absolute Gasteiger partial charge is 0.259 e. The van der Waals surface area contributed by atoms with Crippen LogP contribution in [0.3, 0.4) is 0 Å². The number of hydrogen-bond donors (Lipinski definition) is 1. The molecule has 0 bridgehead atoms. The predicted molar refractivity (Wildman–Crippen MR) is 134 cm³/mol. The van der Waals surface area contributed by atoms with E-state index < -0.39 is 0 Å². The zero-order chi connectivity index (χ0) is 22.9. The first kappa shape index (κ1) is 21.9. The van der Waals surface area contributed by atoms with Crippen LogP contribution in [0.5, 0.6) is 0 Å². The molecule has 33 heavy (non-hydrogen) atoms. The molecule has 1 amide bonds. The molecular weight excluding hydrogens is 454 g/mol. The Morgan fingerprint density at radius 1 is 1.15 bits per heavy atom. The monoisotopic (exact) mass is 477 g/mol. The van der Waals surface area contributed by atoms with E-state index >= 15 is 0 Å². The maximum absolute atomic E-state index is 13.9. The van der Waals surface area contributed by atoms with Gasteiger partial charge >= 0.3 is 0 Å². The number of pyridine rings is 1. The number of carbonyl (C=O) groups is 1. The summed E-state index contributed by atoms with van der Waals surface area (Å²) < 4.78 is 0. The second kappa shape index (κ2) is 9.17. The molecule has 2 aromatic heterocycles. The van der Waals surface area contributed by atoms with Gasteiger partial charge in [0.15, 0.2) is 0 Å². The van der Waals surface area contributed by atoms with Gasteiger partial charge in [0, 0.05) is 34.3 Å². The van der Waals surface area contributed by atoms with Gasteiger partial charge in [-0.1, -0.05) is 35.1 Å². The zero-order valence-electron chi connectivity index (χ0n) is 18.5. The van der Waals surface area contributed by atoms with Crippen molar-refractivity contribution in [3.05, 3.63) is 69.8 Å². The van der Waals surface area contributed by atoms with E-state index in [4.69, 9.17) is 16.6 Å². The Kier molecular flexibility index (Phi) is 6.10. The van der Waals surface area contributed by atoms with Crippen molar-refractivity contribution in [3.63, 3.8) is 0 Å². The molecule has 0 spiro atoms. The lowest BCUT2D eigenvalue weighted by Gasteiger charge is -2.35. The van der Waals surface area contributed by atoms with Gasteiger partial charge in [0.25, 0.3) is 5.91 Å². The van der Waals surface area contributed by atoms with E-state index in [-0.39, 0.29) is 11.9 Å². The van der Waals surface area contributed by atoms with Gasteiger partial charge < -0.3 is 5.32 Å². The van der Waals surface area contributed by atoms with Crippen molar-refractivity contribution in [2.75, 3.05) is 18.0 Å². The summed E-state index contributed by atoms with van der Waals surface area (Å²) in [7, 11) is 0. The number of aromatic nitrogens is 3. The van der Waals surface area contributed by atoms with Gasteiger partial charge in [-0.05, 0) is 74.5 Å². The number of carbonyl (C=O) groups excluding carboxylic acids is 1. The van der Waals surface area contributed by atoms with Crippen LogP contribution in [-0.4, -0.2) is 40.2 Å². The van der Waals surface area contributed by atoms with Crippen LogP contribution in [-0.2, 0) is 0 Å². The van der Waals surface area contributed by atoms with Gasteiger partial charge in [0.2, 0.25) is 0 Å². The number of hydrogen-bond acceptors (Lipinski definition) is 6. The summed E-state index contributed by atoms with van der Waals surface area (Å²) in [5, 5.41) is 16.1. The van der Waals surface area contributed by atoms with Crippen LogP contribution in [0.1, 0.15) is 33.8 Å². The van der Waals surface area contributed by atoms with Crippen LogP contribution >= 0.6 is 22.9 Å². The van der Waals surface area contributed by atoms with Crippen LogP contribution < -0.4 is 10.2 Å². The van der Waals surface area contributed by atoms with Gasteiger partial charge in [0.1, 0.15) is 15.8 Å². The van der Waals surface area contributed by atoms with Gasteiger partial charge in [-0.25, -0.2) is 4.98 Å². The number of amides is 1. The molecule has 168 valence electrons. The Labute approximate surface area is 201 Å². The Hall–Kier alpha value is -2.87. The highest BCUT2D eigenvalue weighted by Gasteiger charge is 2.30. The third-order valence-corrected chi connectivity index (χ3v) is 7.10. The average molecular weight is 478 g/mol. The minimum absolute atomic E-state index is 0.0184. The number of rotatable bonds is 4. The standard InChI is InChI=1S/C25H24ClN5OS/c1-15-12-20(26)13-19-9-11-28-23(22(15)19)31(21-4-3-10-27-14-21)25(32)18-7-5-17(6-8-18)24-30-29-16(2)33-24/h5-9,11-13,21,27H,3-4,10,14H2,1-2H3/t21-/m1/s1. The number of piperidine rings is 1. The predicted octanol–water partition coefficient (Wildman–Crippen LogP) is 5.42. The maximum Gasteiger partial charge on any atom is 0.259 e. The van der Waals surface area contributed by atoms with E-state index in [2.05, 4.69) is 15.5 Å². The van der Waals surface area contributed by atoms with Gasteiger partial charge in [0.05, 0.1) is 6.04 Å². The fourth-order valence-corrected chi connectivity index (χ4v) is 5.42. The minimum atomic E-state index is -0.0574. The number of fused-ring (bicyclic) bond motifs is 1. The summed E-state index contributed by atoms with van der Waals surface area (Å²) in [6.45, 7) is 5.65. The number of anilines is 1. The number of nitrogens with zero attached hydrogens (tertiary/aromatic N) is 4. The van der Waals surface area contributed by atoms with Gasteiger partial charge in [-0.2, -0.15) is 0 Å². The lowest BCUT2D eigenvalue weighted by Crippen LogP contribution is -2.49. The van der Waals surface area contributed by atoms with E-state index in [1.165, 1.54) is 11.3 Å². The molecule has 6 nitrogen and oxygen atoms in total. The van der Waals surface area contributed by atoms with E-state index in [0.717, 1.165) is 57.8 Å². The molecule has 4 aromatic rings. The summed E-state index contributed by atoms with van der Waals surface area (Å²) in [6, 6.07) is 13.4. The first-order chi connectivity index (χ1) is 16.0. The van der Waals surface area contributed by atoms with Crippen molar-refractivity contribution in [1.82, 2.24) is 20.5 Å². The van der Waals surface area contributed by atoms with E-state index in [1.807, 2.05) is 61.2 Å². The molecular formula is C25H24ClN5OS. The van der Waals surface area contributed by atoms with Crippen molar-refractivity contribution in [3.8, 4) is 10.6 Å². The molecule has 0 aliphatic carbocycles. The zero-order valence-corrected chi connectivity index (χ0v) is 20.1. The molecule has 0 unspecified atom stereocenters. The van der Waals surface area contributed by atoms with Crippen molar-refractivity contribution in [2.24, 2.45) is 0 Å². The number of halogens is 1. The fourth-order valence-electron chi connectivity index (χ4n) is 4.44. The molecule has 1 fully saturated rings. The third kappa shape index (κ3) is 4.36. The molecule has 8 heteroatoms. The van der Waals surface area contributed by atoms with Crippen molar-refractivity contribution in [2.45, 2.75) is 32.7 Å². The highest BCUT2D eigenvalue weighted by atomic mass is 35.5. The van der Waals surface area contributed by atoms with Crippen molar-refractivity contribution >= 4 is 45.4 Å². The lowest BCUT2D eigenvalue weighted by molar-refractivity contribution is 0.0972. The molecule has 0 saturated carbocycles. The van der Waals surface area contributed by atoms with Gasteiger partial charge in [-0.3, -0.25) is 9.69 Å². The quantitative estimate of drug-likeness (QED) is 0.424. The highest BCUT2D eigenvalue weighted by Crippen LogP contribution is 2.33. The molecule has 2 aromatic carbocycles. The number of benzene rings is 2. The first-order valence-electron chi connectivity index (χ1n) is 11.0. The van der Waals surface area contributed by atoms with Crippen LogP contribution in [0.4, 0.5) is 5.82 Å².